The topological polar surface area (TPSA) is 80.2 Å². The third kappa shape index (κ3) is 2.91. The van der Waals surface area contributed by atoms with Crippen molar-refractivity contribution >= 4 is 23.5 Å². The summed E-state index contributed by atoms with van der Waals surface area (Å²) in [7, 11) is 3.14. The highest BCUT2D eigenvalue weighted by atomic mass is 16.5. The molecule has 1 saturated heterocycles. The number of nitrogens with one attached hydrogen (secondary N) is 1. The molecule has 7 heteroatoms. The van der Waals surface area contributed by atoms with Crippen molar-refractivity contribution in [1.82, 2.24) is 5.32 Å². The van der Waals surface area contributed by atoms with E-state index in [1.54, 1.807) is 25.2 Å². The SMILES string of the molecule is COc1ccc([C@@H]2CC(=O)NC3=NC(=O)N(c4ccccc4)[C@H]32)cc1OC. The van der Waals surface area contributed by atoms with E-state index < -0.39 is 0 Å². The number of urea groups is 1. The summed E-state index contributed by atoms with van der Waals surface area (Å²) in [5.41, 5.74) is 1.63. The summed E-state index contributed by atoms with van der Waals surface area (Å²) in [6, 6.07) is 14.1. The van der Waals surface area contributed by atoms with Crippen molar-refractivity contribution in [3.05, 3.63) is 54.1 Å². The van der Waals surface area contributed by atoms with Crippen LogP contribution in [0.1, 0.15) is 17.9 Å². The average Bonchev–Trinajstić information content (AvgIpc) is 3.02. The number of carbonyl (C=O) groups is 2. The van der Waals surface area contributed by atoms with Crippen LogP contribution in [0.5, 0.6) is 11.5 Å². The number of para-hydroxylation sites is 1. The Hall–Kier alpha value is -3.35. The smallest absolute Gasteiger partial charge is 0.350 e. The molecule has 0 aromatic heterocycles. The molecule has 0 radical (unpaired) electrons. The van der Waals surface area contributed by atoms with Crippen LogP contribution in [0.2, 0.25) is 0 Å². The molecule has 0 spiro atoms. The highest BCUT2D eigenvalue weighted by Gasteiger charge is 2.46. The molecule has 2 atom stereocenters. The zero-order valence-electron chi connectivity index (χ0n) is 15.0. The number of hydrogen-bond donors (Lipinski definition) is 1. The van der Waals surface area contributed by atoms with Gasteiger partial charge < -0.3 is 14.8 Å². The number of benzene rings is 2. The molecule has 0 saturated carbocycles. The Labute approximate surface area is 156 Å². The molecule has 27 heavy (non-hydrogen) atoms. The summed E-state index contributed by atoms with van der Waals surface area (Å²) in [5.74, 6) is 1.17. The van der Waals surface area contributed by atoms with Crippen LogP contribution < -0.4 is 19.7 Å². The Bertz CT molecular complexity index is 926. The maximum absolute atomic E-state index is 12.6. The lowest BCUT2D eigenvalue weighted by molar-refractivity contribution is -0.120. The second-order valence-corrected chi connectivity index (χ2v) is 6.40. The van der Waals surface area contributed by atoms with Crippen molar-refractivity contribution in [2.45, 2.75) is 18.4 Å². The number of carbonyl (C=O) groups excluding carboxylic acids is 2. The van der Waals surface area contributed by atoms with Gasteiger partial charge in [0.15, 0.2) is 11.5 Å². The lowest BCUT2D eigenvalue weighted by Gasteiger charge is -2.35. The van der Waals surface area contributed by atoms with Gasteiger partial charge in [-0.3, -0.25) is 9.69 Å². The van der Waals surface area contributed by atoms with E-state index in [1.165, 1.54) is 0 Å². The first-order valence-corrected chi connectivity index (χ1v) is 8.61. The van der Waals surface area contributed by atoms with Gasteiger partial charge in [0.25, 0.3) is 0 Å². The van der Waals surface area contributed by atoms with E-state index in [0.29, 0.717) is 17.3 Å². The minimum atomic E-state index is -0.381. The number of methoxy groups -OCH3 is 2. The number of aliphatic imine (C=N–C) groups is 1. The molecule has 2 aromatic rings. The summed E-state index contributed by atoms with van der Waals surface area (Å²) in [4.78, 5) is 30.6. The zero-order valence-corrected chi connectivity index (χ0v) is 15.0. The largest absolute Gasteiger partial charge is 0.493 e. The first-order chi connectivity index (χ1) is 13.1. The van der Waals surface area contributed by atoms with E-state index in [2.05, 4.69) is 10.3 Å². The van der Waals surface area contributed by atoms with Crippen molar-refractivity contribution in [3.63, 3.8) is 0 Å². The van der Waals surface area contributed by atoms with Gasteiger partial charge in [-0.25, -0.2) is 4.79 Å². The molecule has 2 aromatic carbocycles. The van der Waals surface area contributed by atoms with E-state index in [-0.39, 0.29) is 30.3 Å². The summed E-state index contributed by atoms with van der Waals surface area (Å²) in [5, 5.41) is 2.75. The minimum Gasteiger partial charge on any atom is -0.493 e. The van der Waals surface area contributed by atoms with Gasteiger partial charge in [0, 0.05) is 18.0 Å². The third-order valence-corrected chi connectivity index (χ3v) is 4.90. The lowest BCUT2D eigenvalue weighted by Crippen LogP contribution is -2.53. The minimum absolute atomic E-state index is 0.160. The summed E-state index contributed by atoms with van der Waals surface area (Å²) in [6.07, 6.45) is 0.246. The molecule has 3 amide bonds. The predicted octanol–water partition coefficient (Wildman–Crippen LogP) is 2.71. The second-order valence-electron chi connectivity index (χ2n) is 6.40. The maximum Gasteiger partial charge on any atom is 0.350 e. The Morgan fingerprint density at radius 1 is 1.04 bits per heavy atom. The van der Waals surface area contributed by atoms with Gasteiger partial charge in [0.05, 0.1) is 14.2 Å². The molecule has 2 heterocycles. The molecule has 1 fully saturated rings. The Morgan fingerprint density at radius 2 is 1.78 bits per heavy atom. The number of hydrogen-bond acceptors (Lipinski definition) is 4. The first-order valence-electron chi connectivity index (χ1n) is 8.61. The number of anilines is 1. The summed E-state index contributed by atoms with van der Waals surface area (Å²) >= 11 is 0. The fourth-order valence-corrected chi connectivity index (χ4v) is 3.69. The number of fused-ring (bicyclic) bond motifs is 1. The summed E-state index contributed by atoms with van der Waals surface area (Å²) in [6.45, 7) is 0. The molecule has 4 rings (SSSR count). The van der Waals surface area contributed by atoms with E-state index >= 15 is 0 Å². The molecule has 7 nitrogen and oxygen atoms in total. The molecule has 0 bridgehead atoms. The van der Waals surface area contributed by atoms with Crippen LogP contribution in [0.4, 0.5) is 10.5 Å². The van der Waals surface area contributed by atoms with Crippen LogP contribution in [0.15, 0.2) is 53.5 Å². The van der Waals surface area contributed by atoms with Crippen molar-refractivity contribution in [2.75, 3.05) is 19.1 Å². The molecule has 2 aliphatic rings. The molecule has 0 aliphatic carbocycles. The molecular weight excluding hydrogens is 346 g/mol. The van der Waals surface area contributed by atoms with E-state index in [0.717, 1.165) is 11.3 Å². The highest BCUT2D eigenvalue weighted by molar-refractivity contribution is 6.18. The molecule has 2 aliphatic heterocycles. The van der Waals surface area contributed by atoms with E-state index in [1.807, 2.05) is 42.5 Å². The van der Waals surface area contributed by atoms with Gasteiger partial charge in [0.2, 0.25) is 5.91 Å². The Morgan fingerprint density at radius 3 is 2.48 bits per heavy atom. The van der Waals surface area contributed by atoms with E-state index in [9.17, 15) is 9.59 Å². The van der Waals surface area contributed by atoms with Crippen LogP contribution in [0, 0.1) is 0 Å². The molecule has 138 valence electrons. The van der Waals surface area contributed by atoms with Crippen molar-refractivity contribution < 1.29 is 19.1 Å². The number of piperidine rings is 1. The standard InChI is InChI=1S/C20H19N3O4/c1-26-15-9-8-12(10-16(15)27-2)14-11-17(24)21-19-18(14)23(20(25)22-19)13-6-4-3-5-7-13/h3-10,14,18H,11H2,1-2H3,(H,21,22,24,25)/t14-,18-/m0/s1. The van der Waals surface area contributed by atoms with Gasteiger partial charge >= 0.3 is 6.03 Å². The fourth-order valence-electron chi connectivity index (χ4n) is 3.69. The highest BCUT2D eigenvalue weighted by Crippen LogP contribution is 2.39. The van der Waals surface area contributed by atoms with Crippen molar-refractivity contribution in [2.24, 2.45) is 4.99 Å². The summed E-state index contributed by atoms with van der Waals surface area (Å²) < 4.78 is 10.7. The monoisotopic (exact) mass is 365 g/mol. The number of amides is 3. The Kier molecular flexibility index (Phi) is 4.27. The number of amidine groups is 1. The number of nitrogens with zero attached hydrogens (tertiary/aromatic N) is 2. The normalized spacial score (nSPS) is 21.4. The van der Waals surface area contributed by atoms with Gasteiger partial charge in [0.1, 0.15) is 11.9 Å². The van der Waals surface area contributed by atoms with Crippen LogP contribution >= 0.6 is 0 Å². The second kappa shape index (κ2) is 6.75. The molecule has 0 unspecified atom stereocenters. The average molecular weight is 365 g/mol. The van der Waals surface area contributed by atoms with Crippen LogP contribution in [0.3, 0.4) is 0 Å². The predicted molar refractivity (Wildman–Crippen MR) is 101 cm³/mol. The lowest BCUT2D eigenvalue weighted by atomic mass is 9.84. The van der Waals surface area contributed by atoms with Crippen molar-refractivity contribution in [1.29, 1.82) is 0 Å². The number of rotatable bonds is 4. The Balaban J connectivity index is 1.78. The molecular formula is C20H19N3O4. The van der Waals surface area contributed by atoms with Gasteiger partial charge in [-0.2, -0.15) is 4.99 Å². The zero-order chi connectivity index (χ0) is 19.0. The van der Waals surface area contributed by atoms with E-state index in [4.69, 9.17) is 9.47 Å². The molecule has 1 N–H and O–H groups in total. The van der Waals surface area contributed by atoms with Gasteiger partial charge in [-0.05, 0) is 29.8 Å². The van der Waals surface area contributed by atoms with Crippen molar-refractivity contribution in [3.8, 4) is 11.5 Å². The quantitative estimate of drug-likeness (QED) is 0.903. The van der Waals surface area contributed by atoms with Gasteiger partial charge in [-0.15, -0.1) is 0 Å². The van der Waals surface area contributed by atoms with Gasteiger partial charge in [-0.1, -0.05) is 24.3 Å². The van der Waals surface area contributed by atoms with Crippen LogP contribution in [-0.2, 0) is 4.79 Å². The maximum atomic E-state index is 12.6. The first kappa shape index (κ1) is 17.1. The number of ether oxygens (including phenoxy) is 2. The van der Waals surface area contributed by atoms with Crippen LogP contribution in [0.25, 0.3) is 0 Å². The third-order valence-electron chi connectivity index (χ3n) is 4.90. The van der Waals surface area contributed by atoms with Crippen LogP contribution in [-0.4, -0.2) is 38.0 Å². The fraction of sp³-hybridized carbons (Fsp3) is 0.250.